The molecule has 0 unspecified atom stereocenters. The molecule has 6 heteroatoms. The fourth-order valence-corrected chi connectivity index (χ4v) is 4.24. The summed E-state index contributed by atoms with van der Waals surface area (Å²) in [5, 5.41) is 0. The number of para-hydroxylation sites is 1. The van der Waals surface area contributed by atoms with Crippen LogP contribution in [0.25, 0.3) is 0 Å². The number of anilines is 1. The van der Waals surface area contributed by atoms with Gasteiger partial charge in [-0.3, -0.25) is 14.4 Å². The second-order valence-electron chi connectivity index (χ2n) is 7.93. The van der Waals surface area contributed by atoms with Crippen LogP contribution in [0, 0.1) is 0 Å². The normalized spacial score (nSPS) is 16.9. The van der Waals surface area contributed by atoms with Crippen molar-refractivity contribution in [3.63, 3.8) is 0 Å². The van der Waals surface area contributed by atoms with Crippen LogP contribution in [0.5, 0.6) is 5.75 Å². The van der Waals surface area contributed by atoms with Gasteiger partial charge in [-0.1, -0.05) is 18.2 Å². The van der Waals surface area contributed by atoms with Gasteiger partial charge in [0.1, 0.15) is 12.4 Å². The molecule has 2 aliphatic heterocycles. The molecule has 2 aliphatic rings. The number of piperidine rings is 1. The van der Waals surface area contributed by atoms with Crippen LogP contribution in [-0.4, -0.2) is 48.2 Å². The average Bonchev–Trinajstić information content (AvgIpc) is 2.78. The van der Waals surface area contributed by atoms with Crippen molar-refractivity contribution in [1.82, 2.24) is 4.90 Å². The van der Waals surface area contributed by atoms with E-state index in [0.717, 1.165) is 24.9 Å². The summed E-state index contributed by atoms with van der Waals surface area (Å²) in [6, 6.07) is 15.1. The summed E-state index contributed by atoms with van der Waals surface area (Å²) >= 11 is 0. The monoisotopic (exact) mass is 406 g/mol. The molecule has 0 saturated carbocycles. The molecule has 0 atom stereocenters. The van der Waals surface area contributed by atoms with Crippen LogP contribution in [0.3, 0.4) is 0 Å². The van der Waals surface area contributed by atoms with Gasteiger partial charge in [0, 0.05) is 36.8 Å². The number of amides is 2. The van der Waals surface area contributed by atoms with E-state index in [1.165, 1.54) is 12.5 Å². The molecule has 2 amide bonds. The van der Waals surface area contributed by atoms with Gasteiger partial charge in [-0.25, -0.2) is 0 Å². The van der Waals surface area contributed by atoms with Gasteiger partial charge < -0.3 is 14.5 Å². The van der Waals surface area contributed by atoms with E-state index in [0.29, 0.717) is 30.8 Å². The molecule has 2 aromatic rings. The molecule has 6 nitrogen and oxygen atoms in total. The van der Waals surface area contributed by atoms with E-state index < -0.39 is 0 Å². The maximum atomic E-state index is 12.9. The number of nitrogens with zero attached hydrogens (tertiary/aromatic N) is 2. The minimum atomic E-state index is -0.0483. The van der Waals surface area contributed by atoms with E-state index in [1.54, 1.807) is 24.3 Å². The molecular weight excluding hydrogens is 380 g/mol. The lowest BCUT2D eigenvalue weighted by molar-refractivity contribution is -0.120. The van der Waals surface area contributed by atoms with E-state index in [-0.39, 0.29) is 30.2 Å². The van der Waals surface area contributed by atoms with E-state index in [4.69, 9.17) is 4.74 Å². The summed E-state index contributed by atoms with van der Waals surface area (Å²) in [6.45, 7) is 2.74. The predicted molar refractivity (Wildman–Crippen MR) is 114 cm³/mol. The fourth-order valence-electron chi connectivity index (χ4n) is 4.24. The number of benzene rings is 2. The quantitative estimate of drug-likeness (QED) is 0.765. The number of fused-ring (bicyclic) bond motifs is 1. The Morgan fingerprint density at radius 2 is 1.70 bits per heavy atom. The van der Waals surface area contributed by atoms with E-state index >= 15 is 0 Å². The first-order chi connectivity index (χ1) is 14.5. The van der Waals surface area contributed by atoms with Crippen LogP contribution >= 0.6 is 0 Å². The number of likely N-dealkylation sites (tertiary alicyclic amines) is 1. The number of rotatable bonds is 5. The topological polar surface area (TPSA) is 66.9 Å². The third kappa shape index (κ3) is 4.22. The van der Waals surface area contributed by atoms with Crippen molar-refractivity contribution in [2.24, 2.45) is 0 Å². The number of hydrogen-bond acceptors (Lipinski definition) is 4. The standard InChI is InChI=1S/C24H26N2O4/c1-17(27)16-30-21-9-6-19(7-10-21)24(29)25-14-12-20(13-15-25)26-22-5-3-2-4-18(22)8-11-23(26)28/h2-7,9-10,20H,8,11-16H2,1H3. The van der Waals surface area contributed by atoms with E-state index in [9.17, 15) is 14.4 Å². The highest BCUT2D eigenvalue weighted by molar-refractivity contribution is 5.97. The van der Waals surface area contributed by atoms with Gasteiger partial charge in [0.2, 0.25) is 5.91 Å². The highest BCUT2D eigenvalue weighted by atomic mass is 16.5. The molecule has 0 bridgehead atoms. The van der Waals surface area contributed by atoms with Gasteiger partial charge in [-0.2, -0.15) is 0 Å². The number of carbonyl (C=O) groups excluding carboxylic acids is 3. The first-order valence-corrected chi connectivity index (χ1v) is 10.4. The van der Waals surface area contributed by atoms with Crippen LogP contribution < -0.4 is 9.64 Å². The molecule has 0 N–H and O–H groups in total. The Bertz CT molecular complexity index is 946. The van der Waals surface area contributed by atoms with Crippen molar-refractivity contribution >= 4 is 23.3 Å². The lowest BCUT2D eigenvalue weighted by Gasteiger charge is -2.41. The van der Waals surface area contributed by atoms with Gasteiger partial charge in [0.05, 0.1) is 0 Å². The number of carbonyl (C=O) groups is 3. The maximum absolute atomic E-state index is 12.9. The zero-order valence-electron chi connectivity index (χ0n) is 17.2. The second kappa shape index (κ2) is 8.69. The van der Waals surface area contributed by atoms with Gasteiger partial charge in [-0.05, 0) is 62.1 Å². The zero-order chi connectivity index (χ0) is 21.1. The molecule has 4 rings (SSSR count). The van der Waals surface area contributed by atoms with Crippen LogP contribution in [0.4, 0.5) is 5.69 Å². The molecule has 2 heterocycles. The molecule has 0 spiro atoms. The lowest BCUT2D eigenvalue weighted by Crippen LogP contribution is -2.50. The maximum Gasteiger partial charge on any atom is 0.253 e. The largest absolute Gasteiger partial charge is 0.486 e. The van der Waals surface area contributed by atoms with Gasteiger partial charge in [0.25, 0.3) is 5.91 Å². The first kappa shape index (κ1) is 20.1. The van der Waals surface area contributed by atoms with Crippen molar-refractivity contribution in [1.29, 1.82) is 0 Å². The zero-order valence-corrected chi connectivity index (χ0v) is 17.2. The number of aryl methyl sites for hydroxylation is 1. The van der Waals surface area contributed by atoms with Crippen molar-refractivity contribution in [2.75, 3.05) is 24.6 Å². The summed E-state index contributed by atoms with van der Waals surface area (Å²) in [5.41, 5.74) is 2.85. The number of ketones is 1. The molecule has 1 saturated heterocycles. The Hall–Kier alpha value is -3.15. The highest BCUT2D eigenvalue weighted by Gasteiger charge is 2.33. The SMILES string of the molecule is CC(=O)COc1ccc(C(=O)N2CCC(N3C(=O)CCc4ccccc43)CC2)cc1. The summed E-state index contributed by atoms with van der Waals surface area (Å²) in [4.78, 5) is 40.3. The molecule has 1 fully saturated rings. The first-order valence-electron chi connectivity index (χ1n) is 10.4. The summed E-state index contributed by atoms with van der Waals surface area (Å²) in [5.74, 6) is 0.687. The second-order valence-corrected chi connectivity index (χ2v) is 7.93. The predicted octanol–water partition coefficient (Wildman–Crippen LogP) is 3.24. The van der Waals surface area contributed by atoms with Crippen molar-refractivity contribution in [3.05, 3.63) is 59.7 Å². The molecule has 30 heavy (non-hydrogen) atoms. The Labute approximate surface area is 176 Å². The highest BCUT2D eigenvalue weighted by Crippen LogP contribution is 2.32. The van der Waals surface area contributed by atoms with Crippen LogP contribution in [0.2, 0.25) is 0 Å². The van der Waals surface area contributed by atoms with E-state index in [1.807, 2.05) is 28.0 Å². The number of Topliss-reactive ketones (excluding diaryl/α,β-unsaturated/α-hetero) is 1. The molecule has 156 valence electrons. The van der Waals surface area contributed by atoms with Crippen LogP contribution in [0.15, 0.2) is 48.5 Å². The average molecular weight is 406 g/mol. The van der Waals surface area contributed by atoms with Crippen LogP contribution in [0.1, 0.15) is 42.1 Å². The molecule has 0 radical (unpaired) electrons. The van der Waals surface area contributed by atoms with Gasteiger partial charge in [-0.15, -0.1) is 0 Å². The Kier molecular flexibility index (Phi) is 5.84. The smallest absolute Gasteiger partial charge is 0.253 e. The molecule has 0 aliphatic carbocycles. The van der Waals surface area contributed by atoms with E-state index in [2.05, 4.69) is 6.07 Å². The van der Waals surface area contributed by atoms with Crippen molar-refractivity contribution in [2.45, 2.75) is 38.6 Å². The lowest BCUT2D eigenvalue weighted by atomic mass is 9.95. The Morgan fingerprint density at radius 1 is 1.00 bits per heavy atom. The third-order valence-electron chi connectivity index (χ3n) is 5.79. The van der Waals surface area contributed by atoms with Crippen molar-refractivity contribution in [3.8, 4) is 5.75 Å². The molecule has 2 aromatic carbocycles. The number of hydrogen-bond donors (Lipinski definition) is 0. The van der Waals surface area contributed by atoms with Crippen LogP contribution in [-0.2, 0) is 16.0 Å². The minimum absolute atomic E-state index is 0.0167. The summed E-state index contributed by atoms with van der Waals surface area (Å²) in [7, 11) is 0. The molecule has 0 aromatic heterocycles. The summed E-state index contributed by atoms with van der Waals surface area (Å²) < 4.78 is 5.36. The fraction of sp³-hybridized carbons (Fsp3) is 0.375. The third-order valence-corrected chi connectivity index (χ3v) is 5.79. The summed E-state index contributed by atoms with van der Waals surface area (Å²) in [6.07, 6.45) is 2.89. The van der Waals surface area contributed by atoms with Gasteiger partial charge in [0.15, 0.2) is 5.78 Å². The minimum Gasteiger partial charge on any atom is -0.486 e. The van der Waals surface area contributed by atoms with Gasteiger partial charge >= 0.3 is 0 Å². The Morgan fingerprint density at radius 3 is 2.40 bits per heavy atom. The number of ether oxygens (including phenoxy) is 1. The Balaban J connectivity index is 1.38. The molecular formula is C24H26N2O4. The van der Waals surface area contributed by atoms with Crippen molar-refractivity contribution < 1.29 is 19.1 Å².